The largest absolute Gasteiger partial charge is 0.497 e. The van der Waals surface area contributed by atoms with Crippen LogP contribution in [0.2, 0.25) is 0 Å². The van der Waals surface area contributed by atoms with Gasteiger partial charge < -0.3 is 14.8 Å². The Morgan fingerprint density at radius 2 is 1.58 bits per heavy atom. The van der Waals surface area contributed by atoms with E-state index in [1.165, 1.54) is 6.08 Å². The highest BCUT2D eigenvalue weighted by atomic mass is 16.5. The lowest BCUT2D eigenvalue weighted by atomic mass is 10.2. The number of hydrogen-bond acceptors (Lipinski definition) is 3. The Hall–Kier alpha value is -3.53. The van der Waals surface area contributed by atoms with E-state index in [0.29, 0.717) is 11.4 Å². The van der Waals surface area contributed by atoms with Gasteiger partial charge in [0.25, 0.3) is 0 Å². The topological polar surface area (TPSA) is 47.6 Å². The van der Waals surface area contributed by atoms with Gasteiger partial charge in [0.15, 0.2) is 0 Å². The molecule has 0 radical (unpaired) electrons. The Bertz CT molecular complexity index is 904. The van der Waals surface area contributed by atoms with Gasteiger partial charge >= 0.3 is 0 Å². The highest BCUT2D eigenvalue weighted by Crippen LogP contribution is 2.23. The summed E-state index contributed by atoms with van der Waals surface area (Å²) in [6.45, 7) is 0. The minimum absolute atomic E-state index is 0.218. The summed E-state index contributed by atoms with van der Waals surface area (Å²) in [4.78, 5) is 12.1. The van der Waals surface area contributed by atoms with Gasteiger partial charge in [0, 0.05) is 17.8 Å². The van der Waals surface area contributed by atoms with E-state index in [1.807, 2.05) is 72.8 Å². The van der Waals surface area contributed by atoms with Gasteiger partial charge in [-0.05, 0) is 48.0 Å². The maximum atomic E-state index is 12.1. The van der Waals surface area contributed by atoms with Crippen molar-refractivity contribution in [2.45, 2.75) is 0 Å². The zero-order valence-electron chi connectivity index (χ0n) is 14.4. The second kappa shape index (κ2) is 8.53. The van der Waals surface area contributed by atoms with E-state index in [9.17, 15) is 4.79 Å². The first-order valence-electron chi connectivity index (χ1n) is 8.19. The fourth-order valence-electron chi connectivity index (χ4n) is 2.36. The third-order valence-corrected chi connectivity index (χ3v) is 3.60. The minimum atomic E-state index is -0.218. The zero-order chi connectivity index (χ0) is 18.2. The first-order chi connectivity index (χ1) is 12.7. The molecule has 0 unspecified atom stereocenters. The predicted octanol–water partition coefficient (Wildman–Crippen LogP) is 5.14. The number of anilines is 1. The van der Waals surface area contributed by atoms with Crippen molar-refractivity contribution in [2.24, 2.45) is 0 Å². The number of carbonyl (C=O) groups is 1. The smallest absolute Gasteiger partial charge is 0.248 e. The molecule has 0 saturated carbocycles. The van der Waals surface area contributed by atoms with E-state index in [4.69, 9.17) is 9.47 Å². The summed E-state index contributed by atoms with van der Waals surface area (Å²) in [5, 5.41) is 2.83. The molecule has 0 spiro atoms. The van der Waals surface area contributed by atoms with E-state index < -0.39 is 0 Å². The molecule has 4 nitrogen and oxygen atoms in total. The van der Waals surface area contributed by atoms with Crippen molar-refractivity contribution >= 4 is 17.7 Å². The van der Waals surface area contributed by atoms with E-state index >= 15 is 0 Å². The van der Waals surface area contributed by atoms with Crippen molar-refractivity contribution in [2.75, 3.05) is 12.4 Å². The monoisotopic (exact) mass is 345 g/mol. The number of benzene rings is 3. The summed E-state index contributed by atoms with van der Waals surface area (Å²) >= 11 is 0. The summed E-state index contributed by atoms with van der Waals surface area (Å²) in [5.74, 6) is 1.93. The van der Waals surface area contributed by atoms with Crippen LogP contribution in [0.3, 0.4) is 0 Å². The van der Waals surface area contributed by atoms with Crippen LogP contribution in [0.1, 0.15) is 5.56 Å². The van der Waals surface area contributed by atoms with Gasteiger partial charge in [-0.2, -0.15) is 0 Å². The molecule has 130 valence electrons. The maximum absolute atomic E-state index is 12.1. The van der Waals surface area contributed by atoms with Crippen LogP contribution in [0.25, 0.3) is 6.08 Å². The molecule has 0 aromatic heterocycles. The number of hydrogen-bond donors (Lipinski definition) is 1. The molecule has 0 heterocycles. The van der Waals surface area contributed by atoms with Crippen molar-refractivity contribution in [1.82, 2.24) is 0 Å². The lowest BCUT2D eigenvalue weighted by molar-refractivity contribution is -0.111. The number of nitrogens with one attached hydrogen (secondary N) is 1. The lowest BCUT2D eigenvalue weighted by Crippen LogP contribution is -2.07. The van der Waals surface area contributed by atoms with Crippen molar-refractivity contribution in [3.05, 3.63) is 90.5 Å². The van der Waals surface area contributed by atoms with Gasteiger partial charge in [0.2, 0.25) is 5.91 Å². The molecule has 0 aliphatic rings. The van der Waals surface area contributed by atoms with Crippen molar-refractivity contribution in [3.63, 3.8) is 0 Å². The van der Waals surface area contributed by atoms with Crippen molar-refractivity contribution in [3.8, 4) is 17.2 Å². The number of rotatable bonds is 6. The highest BCUT2D eigenvalue weighted by molar-refractivity contribution is 6.02. The van der Waals surface area contributed by atoms with Crippen molar-refractivity contribution in [1.29, 1.82) is 0 Å². The Balaban J connectivity index is 1.63. The van der Waals surface area contributed by atoms with Gasteiger partial charge in [-0.1, -0.05) is 36.4 Å². The Labute approximate surface area is 152 Å². The number of ether oxygens (including phenoxy) is 2. The first kappa shape index (κ1) is 17.3. The van der Waals surface area contributed by atoms with Crippen molar-refractivity contribution < 1.29 is 14.3 Å². The number of para-hydroxylation sites is 1. The first-order valence-corrected chi connectivity index (χ1v) is 8.19. The second-order valence-corrected chi connectivity index (χ2v) is 5.54. The molecule has 26 heavy (non-hydrogen) atoms. The third-order valence-electron chi connectivity index (χ3n) is 3.60. The second-order valence-electron chi connectivity index (χ2n) is 5.54. The molecule has 0 aliphatic heterocycles. The van der Waals surface area contributed by atoms with Crippen LogP contribution in [-0.2, 0) is 4.79 Å². The fraction of sp³-hybridized carbons (Fsp3) is 0.0455. The molecule has 3 rings (SSSR count). The van der Waals surface area contributed by atoms with Crippen LogP contribution in [0, 0.1) is 0 Å². The summed E-state index contributed by atoms with van der Waals surface area (Å²) in [6.07, 6.45) is 3.22. The molecule has 3 aromatic rings. The molecular weight excluding hydrogens is 326 g/mol. The predicted molar refractivity (Wildman–Crippen MR) is 104 cm³/mol. The molecule has 0 atom stereocenters. The van der Waals surface area contributed by atoms with Gasteiger partial charge in [0.05, 0.1) is 7.11 Å². The molecule has 3 aromatic carbocycles. The quantitative estimate of drug-likeness (QED) is 0.629. The molecule has 0 saturated heterocycles. The summed E-state index contributed by atoms with van der Waals surface area (Å²) < 4.78 is 10.9. The number of methoxy groups -OCH3 is 1. The molecule has 4 heteroatoms. The number of amides is 1. The van der Waals surface area contributed by atoms with E-state index in [1.54, 1.807) is 19.3 Å². The van der Waals surface area contributed by atoms with Crippen LogP contribution in [0.4, 0.5) is 5.69 Å². The maximum Gasteiger partial charge on any atom is 0.248 e. The van der Waals surface area contributed by atoms with Gasteiger partial charge in [-0.15, -0.1) is 0 Å². The van der Waals surface area contributed by atoms with Crippen LogP contribution in [0.5, 0.6) is 17.2 Å². The molecule has 0 bridgehead atoms. The van der Waals surface area contributed by atoms with Crippen LogP contribution in [-0.4, -0.2) is 13.0 Å². The van der Waals surface area contributed by atoms with E-state index in [-0.39, 0.29) is 5.91 Å². The molecule has 1 N–H and O–H groups in total. The molecule has 0 aliphatic carbocycles. The van der Waals surface area contributed by atoms with Crippen LogP contribution < -0.4 is 14.8 Å². The summed E-state index contributed by atoms with van der Waals surface area (Å²) in [5.41, 5.74) is 1.55. The minimum Gasteiger partial charge on any atom is -0.497 e. The Morgan fingerprint density at radius 1 is 0.846 bits per heavy atom. The fourth-order valence-corrected chi connectivity index (χ4v) is 2.36. The zero-order valence-corrected chi connectivity index (χ0v) is 14.4. The summed E-state index contributed by atoms with van der Waals surface area (Å²) in [7, 11) is 1.61. The van der Waals surface area contributed by atoms with E-state index in [0.717, 1.165) is 17.1 Å². The van der Waals surface area contributed by atoms with Gasteiger partial charge in [-0.3, -0.25) is 4.79 Å². The van der Waals surface area contributed by atoms with Crippen LogP contribution >= 0.6 is 0 Å². The average Bonchev–Trinajstić information content (AvgIpc) is 2.68. The highest BCUT2D eigenvalue weighted by Gasteiger charge is 2.02. The van der Waals surface area contributed by atoms with Crippen LogP contribution in [0.15, 0.2) is 84.9 Å². The van der Waals surface area contributed by atoms with E-state index in [2.05, 4.69) is 5.32 Å². The standard InChI is InChI=1S/C22H19NO3/c1-25-20-11-5-7-17(15-20)13-14-22(24)23-18-8-6-12-21(16-18)26-19-9-3-2-4-10-19/h2-16H,1H3,(H,23,24). The summed E-state index contributed by atoms with van der Waals surface area (Å²) in [6, 6.07) is 24.3. The average molecular weight is 345 g/mol. The molecular formula is C22H19NO3. The Morgan fingerprint density at radius 3 is 2.38 bits per heavy atom. The molecule has 0 fully saturated rings. The normalized spacial score (nSPS) is 10.5. The SMILES string of the molecule is COc1cccc(C=CC(=O)Nc2cccc(Oc3ccccc3)c2)c1. The van der Waals surface area contributed by atoms with Gasteiger partial charge in [0.1, 0.15) is 17.2 Å². The number of carbonyl (C=O) groups excluding carboxylic acids is 1. The molecule has 1 amide bonds. The Kier molecular flexibility index (Phi) is 5.68. The van der Waals surface area contributed by atoms with Gasteiger partial charge in [-0.25, -0.2) is 0 Å². The third kappa shape index (κ3) is 4.98. The lowest BCUT2D eigenvalue weighted by Gasteiger charge is -2.08.